The van der Waals surface area contributed by atoms with Crippen molar-refractivity contribution in [2.24, 2.45) is 11.8 Å². The molecular weight excluding hydrogens is 240 g/mol. The third-order valence-electron chi connectivity index (χ3n) is 4.42. The monoisotopic (exact) mass is 278 g/mol. The predicted molar refractivity (Wildman–Crippen MR) is 94.1 cm³/mol. The number of allylic oxidation sites excluding steroid dienone is 2. The molecule has 2 atom stereocenters. The Bertz CT molecular complexity index is 261. The van der Waals surface area contributed by atoms with Crippen LogP contribution in [0.15, 0.2) is 24.3 Å². The van der Waals surface area contributed by atoms with E-state index in [1.54, 1.807) is 0 Å². The fourth-order valence-electron chi connectivity index (χ4n) is 2.73. The molecule has 2 unspecified atom stereocenters. The highest BCUT2D eigenvalue weighted by atomic mass is 14.1. The largest absolute Gasteiger partial charge is 0.100 e. The van der Waals surface area contributed by atoms with E-state index in [-0.39, 0.29) is 0 Å². The van der Waals surface area contributed by atoms with E-state index in [2.05, 4.69) is 40.9 Å². The smallest absolute Gasteiger partial charge is 0.0323 e. The summed E-state index contributed by atoms with van der Waals surface area (Å²) >= 11 is 0. The SMILES string of the molecule is C=C(C)CCCC(C)CCCC(C)CCCC(=C)CC. The van der Waals surface area contributed by atoms with E-state index < -0.39 is 0 Å². The molecule has 0 fully saturated rings. The fraction of sp³-hybridized carbons (Fsp3) is 0.800. The van der Waals surface area contributed by atoms with Crippen molar-refractivity contribution in [1.29, 1.82) is 0 Å². The first-order valence-corrected chi connectivity index (χ1v) is 8.76. The first kappa shape index (κ1) is 19.5. The second-order valence-electron chi connectivity index (χ2n) is 6.99. The van der Waals surface area contributed by atoms with Crippen molar-refractivity contribution in [3.63, 3.8) is 0 Å². The summed E-state index contributed by atoms with van der Waals surface area (Å²) in [6.07, 6.45) is 13.2. The summed E-state index contributed by atoms with van der Waals surface area (Å²) in [6, 6.07) is 0. The van der Waals surface area contributed by atoms with Gasteiger partial charge in [-0.25, -0.2) is 0 Å². The predicted octanol–water partition coefficient (Wildman–Crippen LogP) is 7.31. The van der Waals surface area contributed by atoms with Gasteiger partial charge in [0.1, 0.15) is 0 Å². The molecule has 0 heteroatoms. The van der Waals surface area contributed by atoms with Crippen LogP contribution in [0.3, 0.4) is 0 Å². The van der Waals surface area contributed by atoms with Crippen LogP contribution in [0.1, 0.15) is 91.9 Å². The Kier molecular flexibility index (Phi) is 11.9. The van der Waals surface area contributed by atoms with Crippen LogP contribution in [0, 0.1) is 11.8 Å². The van der Waals surface area contributed by atoms with Gasteiger partial charge in [0.05, 0.1) is 0 Å². The number of rotatable bonds is 13. The molecule has 0 amide bonds. The molecule has 118 valence electrons. The van der Waals surface area contributed by atoms with Gasteiger partial charge in [-0.2, -0.15) is 0 Å². The Hall–Kier alpha value is -0.520. The van der Waals surface area contributed by atoms with Gasteiger partial charge in [-0.05, 0) is 50.9 Å². The second-order valence-corrected chi connectivity index (χ2v) is 6.99. The van der Waals surface area contributed by atoms with Crippen LogP contribution >= 0.6 is 0 Å². The highest BCUT2D eigenvalue weighted by molar-refractivity contribution is 4.91. The van der Waals surface area contributed by atoms with Gasteiger partial charge in [-0.15, -0.1) is 6.58 Å². The van der Waals surface area contributed by atoms with Crippen LogP contribution in [-0.4, -0.2) is 0 Å². The molecule has 0 nitrogen and oxygen atoms in total. The molecule has 0 spiro atoms. The lowest BCUT2D eigenvalue weighted by Gasteiger charge is -2.14. The molecule has 0 aliphatic carbocycles. The van der Waals surface area contributed by atoms with Crippen LogP contribution in [0.2, 0.25) is 0 Å². The zero-order chi connectivity index (χ0) is 15.4. The zero-order valence-electron chi connectivity index (χ0n) is 14.6. The van der Waals surface area contributed by atoms with E-state index in [1.165, 1.54) is 68.9 Å². The molecule has 0 aliphatic heterocycles. The summed E-state index contributed by atoms with van der Waals surface area (Å²) in [5, 5.41) is 0. The maximum atomic E-state index is 4.09. The molecule has 0 aromatic heterocycles. The molecule has 20 heavy (non-hydrogen) atoms. The second kappa shape index (κ2) is 12.2. The highest BCUT2D eigenvalue weighted by Gasteiger charge is 2.06. The molecule has 0 heterocycles. The Morgan fingerprint density at radius 1 is 0.800 bits per heavy atom. The van der Waals surface area contributed by atoms with Crippen LogP contribution in [0.4, 0.5) is 0 Å². The van der Waals surface area contributed by atoms with E-state index in [9.17, 15) is 0 Å². The van der Waals surface area contributed by atoms with Crippen molar-refractivity contribution >= 4 is 0 Å². The zero-order valence-corrected chi connectivity index (χ0v) is 14.6. The molecule has 0 saturated heterocycles. The lowest BCUT2D eigenvalue weighted by atomic mass is 9.92. The van der Waals surface area contributed by atoms with Gasteiger partial charge in [-0.3, -0.25) is 0 Å². The maximum absolute atomic E-state index is 4.09. The van der Waals surface area contributed by atoms with Crippen molar-refractivity contribution < 1.29 is 0 Å². The van der Waals surface area contributed by atoms with Gasteiger partial charge in [0, 0.05) is 0 Å². The lowest BCUT2D eigenvalue weighted by molar-refractivity contribution is 0.400. The third kappa shape index (κ3) is 12.5. The topological polar surface area (TPSA) is 0 Å². The van der Waals surface area contributed by atoms with E-state index in [0.717, 1.165) is 18.3 Å². The number of hydrogen-bond donors (Lipinski definition) is 0. The molecule has 0 radical (unpaired) electrons. The van der Waals surface area contributed by atoms with Crippen molar-refractivity contribution in [3.05, 3.63) is 24.3 Å². The van der Waals surface area contributed by atoms with E-state index in [1.807, 2.05) is 0 Å². The van der Waals surface area contributed by atoms with Crippen molar-refractivity contribution in [2.45, 2.75) is 91.9 Å². The molecule has 0 rings (SSSR count). The Labute approximate surface area is 128 Å². The van der Waals surface area contributed by atoms with Crippen molar-refractivity contribution in [2.75, 3.05) is 0 Å². The van der Waals surface area contributed by atoms with Crippen LogP contribution in [-0.2, 0) is 0 Å². The standard InChI is InChI=1S/C20H38/c1-7-18(4)12-9-14-20(6)16-10-15-19(5)13-8-11-17(2)3/h19-20H,2,4,7-16H2,1,3,5-6H3. The molecule has 0 aromatic rings. The summed E-state index contributed by atoms with van der Waals surface area (Å²) < 4.78 is 0. The molecule has 0 bridgehead atoms. The normalized spacial score (nSPS) is 14.0. The van der Waals surface area contributed by atoms with Gasteiger partial charge < -0.3 is 0 Å². The molecule has 0 aliphatic rings. The van der Waals surface area contributed by atoms with Crippen LogP contribution in [0.5, 0.6) is 0 Å². The summed E-state index contributed by atoms with van der Waals surface area (Å²) in [4.78, 5) is 0. The minimum atomic E-state index is 0.890. The quantitative estimate of drug-likeness (QED) is 0.310. The van der Waals surface area contributed by atoms with Crippen LogP contribution in [0.25, 0.3) is 0 Å². The van der Waals surface area contributed by atoms with E-state index in [4.69, 9.17) is 0 Å². The summed E-state index contributed by atoms with van der Waals surface area (Å²) in [7, 11) is 0. The van der Waals surface area contributed by atoms with Gasteiger partial charge >= 0.3 is 0 Å². The first-order chi connectivity index (χ1) is 9.45. The summed E-state index contributed by atoms with van der Waals surface area (Å²) in [6.45, 7) is 17.2. The minimum absolute atomic E-state index is 0.890. The van der Waals surface area contributed by atoms with Gasteiger partial charge in [-0.1, -0.05) is 70.6 Å². The van der Waals surface area contributed by atoms with Crippen LogP contribution < -0.4 is 0 Å². The van der Waals surface area contributed by atoms with Gasteiger partial charge in [0.15, 0.2) is 0 Å². The minimum Gasteiger partial charge on any atom is -0.100 e. The first-order valence-electron chi connectivity index (χ1n) is 8.76. The Balaban J connectivity index is 3.47. The molecular formula is C20H38. The highest BCUT2D eigenvalue weighted by Crippen LogP contribution is 2.21. The van der Waals surface area contributed by atoms with E-state index >= 15 is 0 Å². The van der Waals surface area contributed by atoms with Gasteiger partial charge in [0.2, 0.25) is 0 Å². The van der Waals surface area contributed by atoms with Crippen molar-refractivity contribution in [3.8, 4) is 0 Å². The van der Waals surface area contributed by atoms with Gasteiger partial charge in [0.25, 0.3) is 0 Å². The van der Waals surface area contributed by atoms with Crippen molar-refractivity contribution in [1.82, 2.24) is 0 Å². The fourth-order valence-corrected chi connectivity index (χ4v) is 2.73. The molecule has 0 N–H and O–H groups in total. The summed E-state index contributed by atoms with van der Waals surface area (Å²) in [5.74, 6) is 1.78. The molecule has 0 saturated carbocycles. The molecule has 0 aromatic carbocycles. The average molecular weight is 279 g/mol. The lowest BCUT2D eigenvalue weighted by Crippen LogP contribution is -1.99. The third-order valence-corrected chi connectivity index (χ3v) is 4.42. The summed E-state index contributed by atoms with van der Waals surface area (Å²) in [5.41, 5.74) is 2.75. The Morgan fingerprint density at radius 3 is 1.70 bits per heavy atom. The average Bonchev–Trinajstić information content (AvgIpc) is 2.38. The van der Waals surface area contributed by atoms with E-state index in [0.29, 0.717) is 0 Å². The Morgan fingerprint density at radius 2 is 1.25 bits per heavy atom. The maximum Gasteiger partial charge on any atom is -0.0323 e. The number of hydrogen-bond acceptors (Lipinski definition) is 0.